The molecule has 2 heterocycles. The summed E-state index contributed by atoms with van der Waals surface area (Å²) in [6.45, 7) is 0. The molecule has 0 radical (unpaired) electrons. The van der Waals surface area contributed by atoms with Gasteiger partial charge in [-0.3, -0.25) is 0 Å². The second-order valence-electron chi connectivity index (χ2n) is 4.38. The Hall–Kier alpha value is -0.420. The van der Waals surface area contributed by atoms with Crippen LogP contribution in [-0.4, -0.2) is 23.4 Å². The lowest BCUT2D eigenvalue weighted by Crippen LogP contribution is -2.42. The van der Waals surface area contributed by atoms with Gasteiger partial charge in [0.25, 0.3) is 0 Å². The summed E-state index contributed by atoms with van der Waals surface area (Å²) in [6.07, 6.45) is 7.08. The molecule has 2 unspecified atom stereocenters. The van der Waals surface area contributed by atoms with Gasteiger partial charge in [0.2, 0.25) is 0 Å². The van der Waals surface area contributed by atoms with Crippen LogP contribution in [0.15, 0.2) is 15.7 Å². The normalized spacial score (nSPS) is 26.5. The topological polar surface area (TPSA) is 31.4 Å². The van der Waals surface area contributed by atoms with Gasteiger partial charge in [-0.2, -0.15) is 0 Å². The Labute approximate surface area is 113 Å². The lowest BCUT2D eigenvalue weighted by molar-refractivity contribution is -0.00747. The average Bonchev–Trinajstić information content (AvgIpc) is 2.36. The van der Waals surface area contributed by atoms with Gasteiger partial charge >= 0.3 is 0 Å². The zero-order valence-corrected chi connectivity index (χ0v) is 12.0. The van der Waals surface area contributed by atoms with Crippen LogP contribution in [0.25, 0.3) is 0 Å². The van der Waals surface area contributed by atoms with Crippen LogP contribution in [0.4, 0.5) is 0 Å². The molecule has 1 aliphatic heterocycles. The van der Waals surface area contributed by atoms with Crippen molar-refractivity contribution < 1.29 is 9.47 Å². The minimum Gasteiger partial charge on any atom is -0.482 e. The molecule has 3 rings (SSSR count). The minimum atomic E-state index is 0.203. The summed E-state index contributed by atoms with van der Waals surface area (Å²) in [5.74, 6) is 1.60. The number of hydrogen-bond acceptors (Lipinski definition) is 4. The van der Waals surface area contributed by atoms with Gasteiger partial charge in [-0.15, -0.1) is 11.8 Å². The van der Waals surface area contributed by atoms with E-state index in [9.17, 15) is 0 Å². The lowest BCUT2D eigenvalue weighted by atomic mass is 9.94. The Morgan fingerprint density at radius 1 is 1.29 bits per heavy atom. The Kier molecular flexibility index (Phi) is 3.21. The number of aromatic nitrogens is 1. The van der Waals surface area contributed by atoms with Gasteiger partial charge in [0, 0.05) is 6.07 Å². The number of halogens is 1. The summed E-state index contributed by atoms with van der Waals surface area (Å²) in [6, 6.07) is 1.97. The molecule has 5 heteroatoms. The van der Waals surface area contributed by atoms with Crippen LogP contribution in [0.3, 0.4) is 0 Å². The van der Waals surface area contributed by atoms with Crippen LogP contribution in [-0.2, 0) is 0 Å². The fraction of sp³-hybridized carbons (Fsp3) is 0.583. The average molecular weight is 316 g/mol. The Morgan fingerprint density at radius 3 is 2.71 bits per heavy atom. The van der Waals surface area contributed by atoms with E-state index in [2.05, 4.69) is 20.9 Å². The van der Waals surface area contributed by atoms with Crippen LogP contribution in [0.5, 0.6) is 11.5 Å². The lowest BCUT2D eigenvalue weighted by Gasteiger charge is -2.37. The summed E-state index contributed by atoms with van der Waals surface area (Å²) in [7, 11) is 0. The van der Waals surface area contributed by atoms with Gasteiger partial charge in [0.05, 0.1) is 0 Å². The largest absolute Gasteiger partial charge is 0.482 e. The molecule has 17 heavy (non-hydrogen) atoms. The first-order chi connectivity index (χ1) is 8.28. The van der Waals surface area contributed by atoms with E-state index in [-0.39, 0.29) is 12.2 Å². The molecule has 0 spiro atoms. The number of rotatable bonds is 1. The highest BCUT2D eigenvalue weighted by molar-refractivity contribution is 9.10. The Balaban J connectivity index is 1.96. The van der Waals surface area contributed by atoms with Crippen LogP contribution in [0.1, 0.15) is 25.7 Å². The van der Waals surface area contributed by atoms with Crippen molar-refractivity contribution in [2.45, 2.75) is 42.9 Å². The number of hydrogen-bond donors (Lipinski definition) is 0. The number of thioether (sulfide) groups is 1. The van der Waals surface area contributed by atoms with E-state index in [0.717, 1.165) is 34.0 Å². The second kappa shape index (κ2) is 4.69. The van der Waals surface area contributed by atoms with Crippen molar-refractivity contribution in [2.75, 3.05) is 6.26 Å². The highest BCUT2D eigenvalue weighted by atomic mass is 79.9. The van der Waals surface area contributed by atoms with Crippen molar-refractivity contribution in [1.29, 1.82) is 0 Å². The molecule has 1 saturated carbocycles. The van der Waals surface area contributed by atoms with E-state index in [1.165, 1.54) is 12.8 Å². The third-order valence-electron chi connectivity index (χ3n) is 3.27. The number of fused-ring (bicyclic) bond motifs is 2. The predicted octanol–water partition coefficient (Wildman–Crippen LogP) is 3.65. The van der Waals surface area contributed by atoms with Crippen molar-refractivity contribution in [3.05, 3.63) is 10.7 Å². The molecule has 1 fully saturated rings. The highest BCUT2D eigenvalue weighted by Gasteiger charge is 2.35. The predicted molar refractivity (Wildman–Crippen MR) is 71.0 cm³/mol. The van der Waals surface area contributed by atoms with Crippen LogP contribution >= 0.6 is 27.7 Å². The molecule has 0 amide bonds. The fourth-order valence-electron chi connectivity index (χ4n) is 2.40. The van der Waals surface area contributed by atoms with E-state index in [4.69, 9.17) is 9.47 Å². The molecule has 2 aliphatic rings. The van der Waals surface area contributed by atoms with Gasteiger partial charge in [-0.25, -0.2) is 4.98 Å². The standard InChI is InChI=1S/C12H14BrNO2S/c1-17-10-6-9-11(12(13)14-10)16-8-5-3-2-4-7(8)15-9/h6-8H,2-5H2,1H3. The molecule has 0 bridgehead atoms. The first kappa shape index (κ1) is 11.7. The van der Waals surface area contributed by atoms with Gasteiger partial charge in [0.15, 0.2) is 16.1 Å². The van der Waals surface area contributed by atoms with Gasteiger partial charge in [0.1, 0.15) is 17.2 Å². The van der Waals surface area contributed by atoms with Crippen LogP contribution in [0, 0.1) is 0 Å². The highest BCUT2D eigenvalue weighted by Crippen LogP contribution is 2.43. The first-order valence-electron chi connectivity index (χ1n) is 5.86. The molecule has 3 nitrogen and oxygen atoms in total. The molecule has 2 atom stereocenters. The fourth-order valence-corrected chi connectivity index (χ4v) is 3.41. The van der Waals surface area contributed by atoms with Crippen molar-refractivity contribution >= 4 is 27.7 Å². The second-order valence-corrected chi connectivity index (χ2v) is 5.96. The van der Waals surface area contributed by atoms with E-state index in [1.807, 2.05) is 12.3 Å². The van der Waals surface area contributed by atoms with E-state index in [0.29, 0.717) is 0 Å². The summed E-state index contributed by atoms with van der Waals surface area (Å²) in [5, 5.41) is 0.952. The quantitative estimate of drug-likeness (QED) is 0.585. The number of ether oxygens (including phenoxy) is 2. The molecule has 1 aromatic rings. The molecule has 1 aliphatic carbocycles. The van der Waals surface area contributed by atoms with Gasteiger partial charge < -0.3 is 9.47 Å². The van der Waals surface area contributed by atoms with Crippen LogP contribution in [0.2, 0.25) is 0 Å². The SMILES string of the molecule is CSc1cc2c(c(Br)n1)OC1CCCCC1O2. The van der Waals surface area contributed by atoms with Crippen molar-refractivity contribution in [3.8, 4) is 11.5 Å². The van der Waals surface area contributed by atoms with E-state index in [1.54, 1.807) is 11.8 Å². The summed E-state index contributed by atoms with van der Waals surface area (Å²) in [5.41, 5.74) is 0. The smallest absolute Gasteiger partial charge is 0.194 e. The molecule has 1 aromatic heterocycles. The number of nitrogens with zero attached hydrogens (tertiary/aromatic N) is 1. The van der Waals surface area contributed by atoms with Crippen LogP contribution < -0.4 is 9.47 Å². The maximum atomic E-state index is 6.05. The third-order valence-corrected chi connectivity index (χ3v) is 4.44. The van der Waals surface area contributed by atoms with Gasteiger partial charge in [-0.05, 0) is 47.9 Å². The molecule has 0 saturated heterocycles. The van der Waals surface area contributed by atoms with Crippen molar-refractivity contribution in [3.63, 3.8) is 0 Å². The first-order valence-corrected chi connectivity index (χ1v) is 7.87. The Morgan fingerprint density at radius 2 is 2.00 bits per heavy atom. The summed E-state index contributed by atoms with van der Waals surface area (Å²) in [4.78, 5) is 4.42. The molecular weight excluding hydrogens is 302 g/mol. The van der Waals surface area contributed by atoms with E-state index >= 15 is 0 Å². The zero-order valence-electron chi connectivity index (χ0n) is 9.61. The van der Waals surface area contributed by atoms with Crippen molar-refractivity contribution in [2.24, 2.45) is 0 Å². The molecule has 92 valence electrons. The molecular formula is C12H14BrNO2S. The third kappa shape index (κ3) is 2.15. The van der Waals surface area contributed by atoms with Gasteiger partial charge in [-0.1, -0.05) is 0 Å². The summed E-state index contributed by atoms with van der Waals surface area (Å²) >= 11 is 5.07. The number of pyridine rings is 1. The van der Waals surface area contributed by atoms with Crippen molar-refractivity contribution in [1.82, 2.24) is 4.98 Å². The maximum absolute atomic E-state index is 6.05. The Bertz CT molecular complexity index is 441. The molecule has 0 N–H and O–H groups in total. The maximum Gasteiger partial charge on any atom is 0.194 e. The molecule has 0 aromatic carbocycles. The summed E-state index contributed by atoms with van der Waals surface area (Å²) < 4.78 is 12.8. The zero-order chi connectivity index (χ0) is 11.8. The minimum absolute atomic E-state index is 0.203. The monoisotopic (exact) mass is 315 g/mol. The van der Waals surface area contributed by atoms with E-state index < -0.39 is 0 Å².